The molecule has 0 spiro atoms. The van der Waals surface area contributed by atoms with Crippen LogP contribution in [0, 0.1) is 21.8 Å². The van der Waals surface area contributed by atoms with Crippen LogP contribution in [0.1, 0.15) is 37.6 Å². The fraction of sp³-hybridized carbons (Fsp3) is 0.438. The molecule has 1 heterocycles. The molecule has 1 aromatic heterocycles. The number of aromatic amines is 1. The summed E-state index contributed by atoms with van der Waals surface area (Å²) in [5.41, 5.74) is 0.312. The van der Waals surface area contributed by atoms with Gasteiger partial charge in [0, 0.05) is 11.6 Å². The number of methoxy groups -OCH3 is 1. The van der Waals surface area contributed by atoms with Gasteiger partial charge in [0.05, 0.1) is 24.9 Å². The number of unbranched alkanes of at least 4 members (excludes halogenated alkanes) is 2. The molecule has 1 aromatic carbocycles. The van der Waals surface area contributed by atoms with E-state index in [9.17, 15) is 10.1 Å². The number of rotatable bonds is 9. The highest BCUT2D eigenvalue weighted by atomic mass is 32.1. The molecule has 0 aliphatic carbocycles. The van der Waals surface area contributed by atoms with E-state index in [4.69, 9.17) is 21.7 Å². The number of nitro benzene ring substituents is 1. The van der Waals surface area contributed by atoms with Crippen LogP contribution in [0.4, 0.5) is 5.69 Å². The van der Waals surface area contributed by atoms with Crippen molar-refractivity contribution in [2.24, 2.45) is 5.10 Å². The van der Waals surface area contributed by atoms with Crippen LogP contribution in [-0.2, 0) is 0 Å². The Labute approximate surface area is 155 Å². The molecule has 0 saturated carbocycles. The lowest BCUT2D eigenvalue weighted by Gasteiger charge is -2.11. The van der Waals surface area contributed by atoms with Gasteiger partial charge in [0.15, 0.2) is 5.75 Å². The molecule has 0 saturated heterocycles. The lowest BCUT2D eigenvalue weighted by atomic mass is 10.2. The van der Waals surface area contributed by atoms with Gasteiger partial charge >= 0.3 is 5.69 Å². The summed E-state index contributed by atoms with van der Waals surface area (Å²) in [4.78, 5) is 11.0. The molecule has 0 amide bonds. The molecule has 140 valence electrons. The molecule has 0 aliphatic heterocycles. The summed E-state index contributed by atoms with van der Waals surface area (Å²) in [5.74, 6) is 0.982. The van der Waals surface area contributed by atoms with Gasteiger partial charge in [-0.3, -0.25) is 15.2 Å². The summed E-state index contributed by atoms with van der Waals surface area (Å²) in [6.07, 6.45) is 4.30. The van der Waals surface area contributed by atoms with Gasteiger partial charge in [-0.05, 0) is 31.6 Å². The maximum Gasteiger partial charge on any atom is 0.315 e. The van der Waals surface area contributed by atoms with Crippen molar-refractivity contribution in [3.8, 4) is 11.5 Å². The lowest BCUT2D eigenvalue weighted by Crippen LogP contribution is -2.04. The smallest absolute Gasteiger partial charge is 0.315 e. The van der Waals surface area contributed by atoms with Gasteiger partial charge in [-0.2, -0.15) is 14.9 Å². The van der Waals surface area contributed by atoms with Crippen molar-refractivity contribution in [3.05, 3.63) is 38.4 Å². The molecule has 2 aromatic rings. The topological polar surface area (TPSA) is 108 Å². The van der Waals surface area contributed by atoms with Crippen LogP contribution in [-0.4, -0.2) is 39.7 Å². The highest BCUT2D eigenvalue weighted by Gasteiger charge is 2.22. The zero-order valence-electron chi connectivity index (χ0n) is 14.9. The van der Waals surface area contributed by atoms with Crippen molar-refractivity contribution < 1.29 is 14.4 Å². The van der Waals surface area contributed by atoms with Crippen LogP contribution in [0.5, 0.6) is 11.5 Å². The number of aromatic nitrogens is 3. The first-order valence-electron chi connectivity index (χ1n) is 8.15. The van der Waals surface area contributed by atoms with Crippen molar-refractivity contribution >= 4 is 24.1 Å². The highest BCUT2D eigenvalue weighted by molar-refractivity contribution is 7.71. The van der Waals surface area contributed by atoms with Gasteiger partial charge in [0.25, 0.3) is 0 Å². The molecular weight excluding hydrogens is 358 g/mol. The maximum absolute atomic E-state index is 11.5. The molecule has 26 heavy (non-hydrogen) atoms. The highest BCUT2D eigenvalue weighted by Crippen LogP contribution is 2.38. The normalized spacial score (nSPS) is 11.0. The molecule has 0 aliphatic rings. The predicted molar refractivity (Wildman–Crippen MR) is 99.8 cm³/mol. The summed E-state index contributed by atoms with van der Waals surface area (Å²) in [6, 6.07) is 3.02. The monoisotopic (exact) mass is 379 g/mol. The van der Waals surface area contributed by atoms with Crippen molar-refractivity contribution in [1.29, 1.82) is 0 Å². The second-order valence-electron chi connectivity index (χ2n) is 5.52. The van der Waals surface area contributed by atoms with E-state index in [-0.39, 0.29) is 17.2 Å². The number of ether oxygens (including phenoxy) is 2. The van der Waals surface area contributed by atoms with E-state index < -0.39 is 4.92 Å². The van der Waals surface area contributed by atoms with E-state index in [1.165, 1.54) is 24.1 Å². The van der Waals surface area contributed by atoms with Crippen molar-refractivity contribution in [2.75, 3.05) is 13.7 Å². The minimum Gasteiger partial charge on any atom is -0.493 e. The van der Waals surface area contributed by atoms with Gasteiger partial charge in [0.1, 0.15) is 5.82 Å². The first kappa shape index (κ1) is 19.6. The van der Waals surface area contributed by atoms with E-state index in [0.29, 0.717) is 22.8 Å². The third kappa shape index (κ3) is 4.66. The van der Waals surface area contributed by atoms with Gasteiger partial charge < -0.3 is 9.47 Å². The molecule has 0 radical (unpaired) electrons. The van der Waals surface area contributed by atoms with E-state index >= 15 is 0 Å². The summed E-state index contributed by atoms with van der Waals surface area (Å²) in [7, 11) is 1.44. The Morgan fingerprint density at radius 1 is 1.46 bits per heavy atom. The number of hydrogen-bond donors (Lipinski definition) is 1. The Morgan fingerprint density at radius 3 is 2.81 bits per heavy atom. The number of nitrogens with one attached hydrogen (secondary N) is 1. The van der Waals surface area contributed by atoms with E-state index in [1.807, 2.05) is 0 Å². The van der Waals surface area contributed by atoms with Crippen LogP contribution in [0.15, 0.2) is 17.2 Å². The van der Waals surface area contributed by atoms with Crippen molar-refractivity contribution in [2.45, 2.75) is 33.1 Å². The number of hydrogen-bond acceptors (Lipinski definition) is 7. The molecule has 9 nitrogen and oxygen atoms in total. The Morgan fingerprint density at radius 2 is 2.23 bits per heavy atom. The summed E-state index contributed by atoms with van der Waals surface area (Å²) in [5, 5.41) is 22.2. The number of nitro groups is 1. The van der Waals surface area contributed by atoms with Crippen LogP contribution < -0.4 is 9.47 Å². The van der Waals surface area contributed by atoms with Crippen molar-refractivity contribution in [1.82, 2.24) is 14.9 Å². The quantitative estimate of drug-likeness (QED) is 0.234. The minimum atomic E-state index is -0.496. The average Bonchev–Trinajstić information content (AvgIpc) is 2.94. The maximum atomic E-state index is 11.5. The summed E-state index contributed by atoms with van der Waals surface area (Å²) >= 11 is 5.07. The largest absolute Gasteiger partial charge is 0.493 e. The van der Waals surface area contributed by atoms with Crippen LogP contribution in [0.3, 0.4) is 0 Å². The van der Waals surface area contributed by atoms with Crippen LogP contribution in [0.2, 0.25) is 0 Å². The second-order valence-corrected chi connectivity index (χ2v) is 5.90. The molecule has 0 atom stereocenters. The Kier molecular flexibility index (Phi) is 6.84. The zero-order chi connectivity index (χ0) is 19.1. The third-order valence-electron chi connectivity index (χ3n) is 3.60. The second kappa shape index (κ2) is 9.09. The zero-order valence-corrected chi connectivity index (χ0v) is 15.7. The summed E-state index contributed by atoms with van der Waals surface area (Å²) in [6.45, 7) is 4.20. The Balaban J connectivity index is 2.35. The molecule has 10 heteroatoms. The fourth-order valence-electron chi connectivity index (χ4n) is 2.27. The van der Waals surface area contributed by atoms with E-state index in [0.717, 1.165) is 19.3 Å². The third-order valence-corrected chi connectivity index (χ3v) is 3.87. The van der Waals surface area contributed by atoms with Crippen LogP contribution in [0.25, 0.3) is 0 Å². The Bertz CT molecular complexity index is 859. The van der Waals surface area contributed by atoms with E-state index in [2.05, 4.69) is 22.2 Å². The molecule has 1 N–H and O–H groups in total. The summed E-state index contributed by atoms with van der Waals surface area (Å²) < 4.78 is 12.6. The number of H-pyrrole nitrogens is 1. The van der Waals surface area contributed by atoms with Gasteiger partial charge in [-0.15, -0.1) is 0 Å². The standard InChI is InChI=1S/C16H21N5O4S/c1-4-5-6-7-25-15-13(21(22)23)8-12(9-14(15)24-3)10-17-20-11(2)18-19-16(20)26/h8-10H,4-7H2,1-3H3,(H,19,26)/b17-10-. The predicted octanol–water partition coefficient (Wildman–Crippen LogP) is 3.62. The number of aryl methyl sites for hydroxylation is 1. The van der Waals surface area contributed by atoms with E-state index in [1.54, 1.807) is 13.0 Å². The Hall–Kier alpha value is -2.75. The number of benzene rings is 1. The van der Waals surface area contributed by atoms with Gasteiger partial charge in [0.2, 0.25) is 10.5 Å². The molecule has 0 fully saturated rings. The lowest BCUT2D eigenvalue weighted by molar-refractivity contribution is -0.386. The molecule has 0 unspecified atom stereocenters. The van der Waals surface area contributed by atoms with Crippen LogP contribution >= 0.6 is 12.2 Å². The first-order valence-corrected chi connectivity index (χ1v) is 8.56. The molecule has 0 bridgehead atoms. The average molecular weight is 379 g/mol. The fourth-order valence-corrected chi connectivity index (χ4v) is 2.50. The number of nitrogens with zero attached hydrogens (tertiary/aromatic N) is 4. The minimum absolute atomic E-state index is 0.127. The molecular formula is C16H21N5O4S. The van der Waals surface area contributed by atoms with Crippen molar-refractivity contribution in [3.63, 3.8) is 0 Å². The van der Waals surface area contributed by atoms with Gasteiger partial charge in [-0.25, -0.2) is 0 Å². The molecule has 2 rings (SSSR count). The first-order chi connectivity index (χ1) is 12.5. The SMILES string of the molecule is CCCCCOc1c(OC)cc(/C=N\n2c(C)n[nH]c2=S)cc1[N+](=O)[O-]. The van der Waals surface area contributed by atoms with Gasteiger partial charge in [-0.1, -0.05) is 19.8 Å².